The molecule has 0 bridgehead atoms. The number of halogens is 1. The molecule has 3 N–H and O–H groups in total. The molecule has 2 rings (SSSR count). The van der Waals surface area contributed by atoms with Gasteiger partial charge in [-0.05, 0) is 31.2 Å². The zero-order valence-corrected chi connectivity index (χ0v) is 11.6. The Balaban J connectivity index is 2.29. The summed E-state index contributed by atoms with van der Waals surface area (Å²) in [5, 5.41) is 3.02. The average Bonchev–Trinajstić information content (AvgIpc) is 2.39. The number of hydrogen-bond donors (Lipinski definition) is 2. The maximum Gasteiger partial charge on any atom is 0.261 e. The molecule has 1 amide bonds. The van der Waals surface area contributed by atoms with Crippen molar-refractivity contribution >= 4 is 28.9 Å². The molecule has 0 aliphatic rings. The van der Waals surface area contributed by atoms with E-state index in [1.807, 2.05) is 6.92 Å². The Morgan fingerprint density at radius 2 is 2.25 bits per heavy atom. The van der Waals surface area contributed by atoms with E-state index in [0.717, 1.165) is 0 Å². The van der Waals surface area contributed by atoms with Gasteiger partial charge in [-0.15, -0.1) is 0 Å². The maximum absolute atomic E-state index is 12.3. The largest absolute Gasteiger partial charge is 0.493 e. The molecule has 0 aliphatic carbocycles. The molecule has 1 heterocycles. The predicted molar refractivity (Wildman–Crippen MR) is 79.2 cm³/mol. The van der Waals surface area contributed by atoms with Crippen LogP contribution in [0.4, 0.5) is 11.4 Å². The summed E-state index contributed by atoms with van der Waals surface area (Å²) in [6.45, 7) is 2.29. The van der Waals surface area contributed by atoms with Crippen LogP contribution in [-0.4, -0.2) is 17.5 Å². The number of nitrogens with one attached hydrogen (secondary N) is 1. The first-order valence-corrected chi connectivity index (χ1v) is 6.43. The molecule has 0 radical (unpaired) electrons. The molecular formula is C14H14ClN3O2. The minimum atomic E-state index is -0.353. The lowest BCUT2D eigenvalue weighted by Crippen LogP contribution is -2.16. The number of nitrogens with two attached hydrogens (primary N) is 1. The van der Waals surface area contributed by atoms with Crippen LogP contribution in [0.3, 0.4) is 0 Å². The number of nitrogen functional groups attached to an aromatic ring is 1. The van der Waals surface area contributed by atoms with Crippen LogP contribution in [0.5, 0.6) is 5.75 Å². The van der Waals surface area contributed by atoms with E-state index in [-0.39, 0.29) is 5.91 Å². The van der Waals surface area contributed by atoms with E-state index in [2.05, 4.69) is 10.3 Å². The van der Waals surface area contributed by atoms with Crippen LogP contribution in [0.2, 0.25) is 5.15 Å². The van der Waals surface area contributed by atoms with Gasteiger partial charge in [0.2, 0.25) is 0 Å². The monoisotopic (exact) mass is 291 g/mol. The van der Waals surface area contributed by atoms with Crippen molar-refractivity contribution in [1.82, 2.24) is 4.98 Å². The first kappa shape index (κ1) is 14.1. The number of carbonyl (C=O) groups is 1. The minimum Gasteiger partial charge on any atom is -0.493 e. The Labute approximate surface area is 121 Å². The molecule has 1 aromatic heterocycles. The van der Waals surface area contributed by atoms with Gasteiger partial charge in [0, 0.05) is 17.6 Å². The summed E-state index contributed by atoms with van der Waals surface area (Å²) in [7, 11) is 0. The number of rotatable bonds is 4. The zero-order chi connectivity index (χ0) is 14.5. The molecule has 0 saturated heterocycles. The lowest BCUT2D eigenvalue weighted by Gasteiger charge is -2.12. The van der Waals surface area contributed by atoms with Gasteiger partial charge in [0.25, 0.3) is 5.91 Å². The molecule has 0 unspecified atom stereocenters. The lowest BCUT2D eigenvalue weighted by molar-refractivity contribution is 0.102. The van der Waals surface area contributed by atoms with E-state index in [1.165, 1.54) is 6.20 Å². The second kappa shape index (κ2) is 6.25. The van der Waals surface area contributed by atoms with Crippen molar-refractivity contribution in [3.05, 3.63) is 47.2 Å². The summed E-state index contributed by atoms with van der Waals surface area (Å²) in [6, 6.07) is 8.29. The number of hydrogen-bond acceptors (Lipinski definition) is 4. The van der Waals surface area contributed by atoms with Crippen molar-refractivity contribution in [3.63, 3.8) is 0 Å². The average molecular weight is 292 g/mol. The Bertz CT molecular complexity index is 632. The van der Waals surface area contributed by atoms with Crippen molar-refractivity contribution in [2.24, 2.45) is 0 Å². The molecule has 2 aromatic rings. The predicted octanol–water partition coefficient (Wildman–Crippen LogP) is 2.97. The van der Waals surface area contributed by atoms with Crippen molar-refractivity contribution in [2.45, 2.75) is 6.92 Å². The molecule has 104 valence electrons. The van der Waals surface area contributed by atoms with Gasteiger partial charge in [0.15, 0.2) is 0 Å². The molecular weight excluding hydrogens is 278 g/mol. The van der Waals surface area contributed by atoms with Crippen molar-refractivity contribution in [2.75, 3.05) is 17.7 Å². The van der Waals surface area contributed by atoms with Gasteiger partial charge in [0.1, 0.15) is 16.5 Å². The van der Waals surface area contributed by atoms with Gasteiger partial charge in [-0.1, -0.05) is 17.7 Å². The molecule has 1 aromatic carbocycles. The third kappa shape index (κ3) is 3.19. The Morgan fingerprint density at radius 3 is 2.95 bits per heavy atom. The van der Waals surface area contributed by atoms with Crippen LogP contribution in [0.25, 0.3) is 0 Å². The van der Waals surface area contributed by atoms with Crippen molar-refractivity contribution < 1.29 is 9.53 Å². The quantitative estimate of drug-likeness (QED) is 0.670. The summed E-state index contributed by atoms with van der Waals surface area (Å²) < 4.78 is 5.42. The summed E-state index contributed by atoms with van der Waals surface area (Å²) in [4.78, 5) is 16.2. The van der Waals surface area contributed by atoms with Crippen molar-refractivity contribution in [1.29, 1.82) is 0 Å². The second-order valence-corrected chi connectivity index (χ2v) is 4.36. The Morgan fingerprint density at radius 1 is 1.45 bits per heavy atom. The minimum absolute atomic E-state index is 0.300. The molecule has 0 aliphatic heterocycles. The normalized spacial score (nSPS) is 10.1. The molecule has 5 nitrogen and oxygen atoms in total. The molecule has 0 atom stereocenters. The van der Waals surface area contributed by atoms with E-state index in [4.69, 9.17) is 22.1 Å². The van der Waals surface area contributed by atoms with Gasteiger partial charge >= 0.3 is 0 Å². The van der Waals surface area contributed by atoms with Gasteiger partial charge in [-0.3, -0.25) is 4.79 Å². The number of amides is 1. The fourth-order valence-electron chi connectivity index (χ4n) is 1.74. The number of aromatic nitrogens is 1. The van der Waals surface area contributed by atoms with Gasteiger partial charge in [-0.2, -0.15) is 0 Å². The summed E-state index contributed by atoms with van der Waals surface area (Å²) in [5.41, 5.74) is 7.06. The number of benzene rings is 1. The van der Waals surface area contributed by atoms with E-state index < -0.39 is 0 Å². The Hall–Kier alpha value is -2.27. The maximum atomic E-state index is 12.3. The summed E-state index contributed by atoms with van der Waals surface area (Å²) in [5.74, 6) is 0.0963. The highest BCUT2D eigenvalue weighted by atomic mass is 35.5. The number of anilines is 2. The first-order valence-electron chi connectivity index (χ1n) is 6.06. The van der Waals surface area contributed by atoms with Crippen LogP contribution >= 0.6 is 11.6 Å². The van der Waals surface area contributed by atoms with Crippen LogP contribution in [0.15, 0.2) is 36.5 Å². The molecule has 0 fully saturated rings. The van der Waals surface area contributed by atoms with Gasteiger partial charge in [0.05, 0.1) is 6.61 Å². The smallest absolute Gasteiger partial charge is 0.261 e. The van der Waals surface area contributed by atoms with Crippen LogP contribution < -0.4 is 15.8 Å². The highest BCUT2D eigenvalue weighted by Gasteiger charge is 2.16. The summed E-state index contributed by atoms with van der Waals surface area (Å²) >= 11 is 5.77. The fraction of sp³-hybridized carbons (Fsp3) is 0.143. The number of carbonyl (C=O) groups excluding carboxylic acids is 1. The van der Waals surface area contributed by atoms with E-state index in [0.29, 0.717) is 34.4 Å². The van der Waals surface area contributed by atoms with Crippen molar-refractivity contribution in [3.8, 4) is 5.75 Å². The topological polar surface area (TPSA) is 77.2 Å². The van der Waals surface area contributed by atoms with Crippen LogP contribution in [-0.2, 0) is 0 Å². The third-order valence-corrected chi connectivity index (χ3v) is 2.78. The number of ether oxygens (including phenoxy) is 1. The lowest BCUT2D eigenvalue weighted by atomic mass is 10.1. The molecule has 0 saturated carbocycles. The summed E-state index contributed by atoms with van der Waals surface area (Å²) in [6.07, 6.45) is 1.51. The van der Waals surface area contributed by atoms with E-state index >= 15 is 0 Å². The highest BCUT2D eigenvalue weighted by Crippen LogP contribution is 2.25. The first-order chi connectivity index (χ1) is 9.61. The molecule has 20 heavy (non-hydrogen) atoms. The SMILES string of the molecule is CCOc1cccc(N)c1C(=O)Nc1ccnc(Cl)c1. The van der Waals surface area contributed by atoms with Crippen LogP contribution in [0.1, 0.15) is 17.3 Å². The molecule has 0 spiro atoms. The van der Waals surface area contributed by atoms with E-state index in [1.54, 1.807) is 30.3 Å². The standard InChI is InChI=1S/C14H14ClN3O2/c1-2-20-11-5-3-4-10(16)13(11)14(19)18-9-6-7-17-12(15)8-9/h3-8H,2,16H2,1H3,(H,17,18,19). The fourth-order valence-corrected chi connectivity index (χ4v) is 1.91. The molecule has 6 heteroatoms. The second-order valence-electron chi connectivity index (χ2n) is 3.97. The van der Waals surface area contributed by atoms with Crippen LogP contribution in [0, 0.1) is 0 Å². The number of pyridine rings is 1. The van der Waals surface area contributed by atoms with Gasteiger partial charge in [-0.25, -0.2) is 4.98 Å². The van der Waals surface area contributed by atoms with Gasteiger partial charge < -0.3 is 15.8 Å². The zero-order valence-electron chi connectivity index (χ0n) is 10.9. The third-order valence-electron chi connectivity index (χ3n) is 2.57. The number of nitrogens with zero attached hydrogens (tertiary/aromatic N) is 1. The Kier molecular flexibility index (Phi) is 4.42. The highest BCUT2D eigenvalue weighted by molar-refractivity contribution is 6.29. The van der Waals surface area contributed by atoms with E-state index in [9.17, 15) is 4.79 Å².